The van der Waals surface area contributed by atoms with E-state index >= 15 is 0 Å². The molecule has 1 aliphatic heterocycles. The molecule has 1 saturated heterocycles. The second kappa shape index (κ2) is 9.77. The number of halogens is 2. The Morgan fingerprint density at radius 1 is 1.06 bits per heavy atom. The Labute approximate surface area is 195 Å². The Morgan fingerprint density at radius 3 is 2.61 bits per heavy atom. The van der Waals surface area contributed by atoms with Gasteiger partial charge in [-0.25, -0.2) is 4.99 Å². The number of rotatable bonds is 6. The van der Waals surface area contributed by atoms with Gasteiger partial charge in [0.05, 0.1) is 20.6 Å². The zero-order valence-electron chi connectivity index (χ0n) is 16.8. The normalized spacial score (nSPS) is 16.3. The molecule has 2 aromatic carbocycles. The van der Waals surface area contributed by atoms with Crippen molar-refractivity contribution in [2.75, 3.05) is 0 Å². The largest absolute Gasteiger partial charge is 0.457 e. The summed E-state index contributed by atoms with van der Waals surface area (Å²) in [6, 6.07) is 17.1. The predicted molar refractivity (Wildman–Crippen MR) is 130 cm³/mol. The standard InChI is InChI=1S/C24H20Cl2N2O2S/c1-2-3-4-15-5-8-17(9-6-15)27-24-28-23(29)22(31-24)14-18-10-12-21(30-18)16-7-11-19(25)20(26)13-16/h5-14H,2-4H2,1H3,(H,27,28,29). The molecule has 158 valence electrons. The number of furan rings is 1. The van der Waals surface area contributed by atoms with Crippen molar-refractivity contribution < 1.29 is 9.21 Å². The zero-order chi connectivity index (χ0) is 21.8. The van der Waals surface area contributed by atoms with Crippen LogP contribution in [0.2, 0.25) is 10.0 Å². The van der Waals surface area contributed by atoms with Crippen LogP contribution in [0.25, 0.3) is 17.4 Å². The van der Waals surface area contributed by atoms with E-state index in [0.29, 0.717) is 31.6 Å². The van der Waals surface area contributed by atoms with E-state index in [2.05, 4.69) is 29.4 Å². The van der Waals surface area contributed by atoms with Gasteiger partial charge < -0.3 is 9.73 Å². The van der Waals surface area contributed by atoms with Crippen molar-refractivity contribution in [1.82, 2.24) is 5.32 Å². The first-order valence-corrected chi connectivity index (χ1v) is 11.5. The molecule has 0 bridgehead atoms. The summed E-state index contributed by atoms with van der Waals surface area (Å²) in [5.41, 5.74) is 2.92. The van der Waals surface area contributed by atoms with E-state index in [1.54, 1.807) is 18.2 Å². The van der Waals surface area contributed by atoms with Gasteiger partial charge in [0.25, 0.3) is 5.91 Å². The number of nitrogens with one attached hydrogen (secondary N) is 1. The quantitative estimate of drug-likeness (QED) is 0.379. The summed E-state index contributed by atoms with van der Waals surface area (Å²) in [7, 11) is 0. The second-order valence-corrected chi connectivity index (χ2v) is 8.93. The monoisotopic (exact) mass is 470 g/mol. The van der Waals surface area contributed by atoms with Crippen LogP contribution in [0.4, 0.5) is 5.69 Å². The van der Waals surface area contributed by atoms with Crippen LogP contribution in [0.3, 0.4) is 0 Å². The number of carbonyl (C=O) groups is 1. The van der Waals surface area contributed by atoms with Crippen molar-refractivity contribution in [2.45, 2.75) is 26.2 Å². The molecule has 0 spiro atoms. The molecule has 0 saturated carbocycles. The molecule has 1 fully saturated rings. The lowest BCUT2D eigenvalue weighted by atomic mass is 10.1. The Bertz CT molecular complexity index is 1170. The average Bonchev–Trinajstić information content (AvgIpc) is 3.36. The van der Waals surface area contributed by atoms with Crippen LogP contribution in [0.5, 0.6) is 0 Å². The summed E-state index contributed by atoms with van der Waals surface area (Å²) < 4.78 is 5.86. The lowest BCUT2D eigenvalue weighted by Crippen LogP contribution is -2.19. The van der Waals surface area contributed by atoms with Gasteiger partial charge in [0.1, 0.15) is 11.5 Å². The van der Waals surface area contributed by atoms with Gasteiger partial charge in [-0.15, -0.1) is 0 Å². The molecular formula is C24H20Cl2N2O2S. The number of amides is 1. The van der Waals surface area contributed by atoms with Crippen LogP contribution in [0.15, 0.2) is 68.9 Å². The summed E-state index contributed by atoms with van der Waals surface area (Å²) in [5, 5.41) is 4.30. The molecule has 31 heavy (non-hydrogen) atoms. The van der Waals surface area contributed by atoms with E-state index in [4.69, 9.17) is 27.6 Å². The maximum atomic E-state index is 12.4. The number of unbranched alkanes of at least 4 members (excludes halogenated alkanes) is 1. The van der Waals surface area contributed by atoms with Crippen LogP contribution in [0, 0.1) is 0 Å². The third kappa shape index (κ3) is 5.42. The van der Waals surface area contributed by atoms with E-state index in [-0.39, 0.29) is 5.91 Å². The minimum atomic E-state index is -0.198. The third-order valence-corrected chi connectivity index (χ3v) is 6.39. The minimum absolute atomic E-state index is 0.198. The Hall–Kier alpha value is -2.47. The number of thioether (sulfide) groups is 1. The summed E-state index contributed by atoms with van der Waals surface area (Å²) in [5.74, 6) is 1.02. The number of amidine groups is 1. The molecule has 7 heteroatoms. The highest BCUT2D eigenvalue weighted by Crippen LogP contribution is 2.32. The molecule has 0 unspecified atom stereocenters. The molecule has 0 aliphatic carbocycles. The van der Waals surface area contributed by atoms with Gasteiger partial charge in [0, 0.05) is 11.6 Å². The maximum absolute atomic E-state index is 12.4. The molecule has 1 aliphatic rings. The van der Waals surface area contributed by atoms with Gasteiger partial charge in [-0.2, -0.15) is 0 Å². The Balaban J connectivity index is 1.47. The van der Waals surface area contributed by atoms with Crippen molar-refractivity contribution in [1.29, 1.82) is 0 Å². The van der Waals surface area contributed by atoms with Crippen molar-refractivity contribution >= 4 is 57.8 Å². The number of aryl methyl sites for hydroxylation is 1. The van der Waals surface area contributed by atoms with Crippen LogP contribution >= 0.6 is 35.0 Å². The molecule has 4 rings (SSSR count). The van der Waals surface area contributed by atoms with Crippen LogP contribution in [0.1, 0.15) is 31.1 Å². The predicted octanol–water partition coefficient (Wildman–Crippen LogP) is 7.49. The number of hydrogen-bond donors (Lipinski definition) is 1. The SMILES string of the molecule is CCCCc1ccc(N=C2NC(=O)C(=Cc3ccc(-c4ccc(Cl)c(Cl)c4)o3)S2)cc1. The number of benzene rings is 2. The Kier molecular flexibility index (Phi) is 6.86. The smallest absolute Gasteiger partial charge is 0.264 e. The zero-order valence-corrected chi connectivity index (χ0v) is 19.2. The average molecular weight is 471 g/mol. The molecular weight excluding hydrogens is 451 g/mol. The lowest BCUT2D eigenvalue weighted by Gasteiger charge is -2.01. The van der Waals surface area contributed by atoms with Crippen molar-refractivity contribution in [3.05, 3.63) is 80.9 Å². The third-order valence-electron chi connectivity index (χ3n) is 4.74. The van der Waals surface area contributed by atoms with Crippen LogP contribution < -0.4 is 5.32 Å². The molecule has 1 aromatic heterocycles. The van der Waals surface area contributed by atoms with Crippen LogP contribution in [-0.2, 0) is 11.2 Å². The summed E-state index contributed by atoms with van der Waals surface area (Å²) >= 11 is 13.3. The first kappa shape index (κ1) is 21.8. The van der Waals surface area contributed by atoms with Crippen molar-refractivity contribution in [3.63, 3.8) is 0 Å². The fourth-order valence-electron chi connectivity index (χ4n) is 3.08. The van der Waals surface area contributed by atoms with Gasteiger partial charge in [0.2, 0.25) is 0 Å². The topological polar surface area (TPSA) is 54.6 Å². The first-order valence-electron chi connectivity index (χ1n) is 9.95. The highest BCUT2D eigenvalue weighted by atomic mass is 35.5. The van der Waals surface area contributed by atoms with E-state index < -0.39 is 0 Å². The first-order chi connectivity index (χ1) is 15.0. The van der Waals surface area contributed by atoms with E-state index in [1.165, 1.54) is 30.2 Å². The van der Waals surface area contributed by atoms with Gasteiger partial charge in [-0.1, -0.05) is 48.7 Å². The van der Waals surface area contributed by atoms with Crippen molar-refractivity contribution in [3.8, 4) is 11.3 Å². The fourth-order valence-corrected chi connectivity index (χ4v) is 4.20. The van der Waals surface area contributed by atoms with Gasteiger partial charge in [-0.05, 0) is 72.6 Å². The fraction of sp³-hybridized carbons (Fsp3) is 0.167. The second-order valence-electron chi connectivity index (χ2n) is 7.08. The number of aliphatic imine (C=N–C) groups is 1. The molecule has 4 nitrogen and oxygen atoms in total. The highest BCUT2D eigenvalue weighted by molar-refractivity contribution is 8.18. The summed E-state index contributed by atoms with van der Waals surface area (Å²) in [4.78, 5) is 17.4. The van der Waals surface area contributed by atoms with Crippen LogP contribution in [-0.4, -0.2) is 11.1 Å². The summed E-state index contributed by atoms with van der Waals surface area (Å²) in [6.07, 6.45) is 5.12. The molecule has 1 amide bonds. The molecule has 1 N–H and O–H groups in total. The van der Waals surface area contributed by atoms with E-state index in [0.717, 1.165) is 17.7 Å². The van der Waals surface area contributed by atoms with Gasteiger partial charge >= 0.3 is 0 Å². The maximum Gasteiger partial charge on any atom is 0.264 e. The molecule has 0 atom stereocenters. The summed E-state index contributed by atoms with van der Waals surface area (Å²) in [6.45, 7) is 2.18. The van der Waals surface area contributed by atoms with Crippen molar-refractivity contribution in [2.24, 2.45) is 4.99 Å². The van der Waals surface area contributed by atoms with Gasteiger partial charge in [-0.3, -0.25) is 4.79 Å². The number of nitrogens with zero attached hydrogens (tertiary/aromatic N) is 1. The van der Waals surface area contributed by atoms with Gasteiger partial charge in [0.15, 0.2) is 5.17 Å². The number of carbonyl (C=O) groups excluding carboxylic acids is 1. The highest BCUT2D eigenvalue weighted by Gasteiger charge is 2.24. The van der Waals surface area contributed by atoms with E-state index in [9.17, 15) is 4.79 Å². The lowest BCUT2D eigenvalue weighted by molar-refractivity contribution is -0.115. The minimum Gasteiger partial charge on any atom is -0.457 e. The van der Waals surface area contributed by atoms with E-state index in [1.807, 2.05) is 30.3 Å². The Morgan fingerprint density at radius 2 is 1.87 bits per heavy atom. The molecule has 2 heterocycles. The molecule has 0 radical (unpaired) electrons. The molecule has 3 aromatic rings. The number of hydrogen-bond acceptors (Lipinski definition) is 4.